The van der Waals surface area contributed by atoms with Gasteiger partial charge in [0.25, 0.3) is 0 Å². The number of nitrogens with zero attached hydrogens (tertiary/aromatic N) is 1. The number of methoxy groups -OCH3 is 6. The van der Waals surface area contributed by atoms with E-state index in [1.165, 1.54) is 27.4 Å². The minimum atomic E-state index is -3.05. The highest BCUT2D eigenvalue weighted by molar-refractivity contribution is 6.53. The van der Waals surface area contributed by atoms with Crippen molar-refractivity contribution < 1.29 is 72.5 Å². The number of fused-ring (bicyclic) bond motifs is 5. The van der Waals surface area contributed by atoms with E-state index >= 15 is 0 Å². The Morgan fingerprint density at radius 3 is 2.13 bits per heavy atom. The van der Waals surface area contributed by atoms with Crippen molar-refractivity contribution in [1.82, 2.24) is 0 Å². The molecule has 16 nitrogen and oxygen atoms in total. The van der Waals surface area contributed by atoms with Gasteiger partial charge in [-0.05, 0) is 31.0 Å². The van der Waals surface area contributed by atoms with Gasteiger partial charge in [0.15, 0.2) is 23.2 Å². The molecule has 0 spiro atoms. The lowest BCUT2D eigenvalue weighted by molar-refractivity contribution is -0.228. The highest BCUT2D eigenvalue weighted by Crippen LogP contribution is 2.57. The molecule has 8 atom stereocenters. The Kier molecular flexibility index (Phi) is 9.49. The van der Waals surface area contributed by atoms with Crippen LogP contribution in [0.25, 0.3) is 0 Å². The Labute approximate surface area is 297 Å². The van der Waals surface area contributed by atoms with Crippen LogP contribution in [0.3, 0.4) is 0 Å². The van der Waals surface area contributed by atoms with Crippen molar-refractivity contribution in [2.24, 2.45) is 4.99 Å². The number of Topliss-reactive ketones (excluding diaryl/α,β-unsaturated/α-hetero) is 4. The molecule has 16 heteroatoms. The van der Waals surface area contributed by atoms with Gasteiger partial charge in [-0.25, -0.2) is 4.79 Å². The molecule has 1 saturated heterocycles. The molecule has 0 radical (unpaired) electrons. The molecule has 4 aliphatic rings. The lowest BCUT2D eigenvalue weighted by Crippen LogP contribution is -2.73. The number of carbonyl (C=O) groups excluding carboxylic acids is 5. The first-order valence-electron chi connectivity index (χ1n) is 16.3. The summed E-state index contributed by atoms with van der Waals surface area (Å²) in [4.78, 5) is 75.1. The average molecular weight is 726 g/mol. The van der Waals surface area contributed by atoms with Crippen LogP contribution in [0.15, 0.2) is 17.1 Å². The van der Waals surface area contributed by atoms with E-state index in [0.29, 0.717) is 5.56 Å². The molecule has 52 heavy (non-hydrogen) atoms. The van der Waals surface area contributed by atoms with E-state index in [0.717, 1.165) is 27.4 Å². The van der Waals surface area contributed by atoms with Crippen LogP contribution < -0.4 is 9.47 Å². The summed E-state index contributed by atoms with van der Waals surface area (Å²) in [6.07, 6.45) is -7.73. The number of aliphatic hydroxyl groups excluding tert-OH is 2. The molecule has 0 aromatic heterocycles. The Balaban J connectivity index is 1.59. The lowest BCUT2D eigenvalue weighted by atomic mass is 9.56. The first-order valence-corrected chi connectivity index (χ1v) is 16.3. The second-order valence-electron chi connectivity index (χ2n) is 13.0. The quantitative estimate of drug-likeness (QED) is 0.335. The summed E-state index contributed by atoms with van der Waals surface area (Å²) in [5.74, 6) is -5.48. The molecule has 0 bridgehead atoms. The van der Waals surface area contributed by atoms with E-state index in [1.807, 2.05) is 0 Å². The van der Waals surface area contributed by atoms with Gasteiger partial charge >= 0.3 is 5.97 Å². The van der Waals surface area contributed by atoms with Gasteiger partial charge in [-0.3, -0.25) is 24.2 Å². The van der Waals surface area contributed by atoms with Crippen molar-refractivity contribution in [3.05, 3.63) is 56.6 Å². The molecule has 1 aliphatic heterocycles. The van der Waals surface area contributed by atoms with Gasteiger partial charge in [-0.1, -0.05) is 6.07 Å². The number of hydrogen-bond donors (Lipinski definition) is 3. The summed E-state index contributed by atoms with van der Waals surface area (Å²) < 4.78 is 38.5. The van der Waals surface area contributed by atoms with E-state index in [1.54, 1.807) is 13.8 Å². The van der Waals surface area contributed by atoms with Crippen molar-refractivity contribution in [2.75, 3.05) is 42.7 Å². The van der Waals surface area contributed by atoms with Gasteiger partial charge in [0.05, 0.1) is 56.8 Å². The van der Waals surface area contributed by atoms with Crippen molar-refractivity contribution in [1.29, 1.82) is 0 Å². The number of aryl methyl sites for hydroxylation is 1. The summed E-state index contributed by atoms with van der Waals surface area (Å²) in [5.41, 5.74) is -7.76. The van der Waals surface area contributed by atoms with Gasteiger partial charge in [0.2, 0.25) is 17.3 Å². The van der Waals surface area contributed by atoms with E-state index < -0.39 is 100 Å². The third-order valence-electron chi connectivity index (χ3n) is 10.6. The summed E-state index contributed by atoms with van der Waals surface area (Å²) in [7, 11) is 7.17. The Hall–Kier alpha value is -4.42. The van der Waals surface area contributed by atoms with Crippen LogP contribution >= 0.6 is 0 Å². The zero-order valence-corrected chi connectivity index (χ0v) is 29.7. The van der Waals surface area contributed by atoms with Gasteiger partial charge in [0, 0.05) is 44.4 Å². The summed E-state index contributed by atoms with van der Waals surface area (Å²) >= 11 is 0. The molecule has 1 heterocycles. The molecule has 1 unspecified atom stereocenters. The fraction of sp³-hybridized carbons (Fsp3) is 0.500. The predicted molar refractivity (Wildman–Crippen MR) is 177 cm³/mol. The summed E-state index contributed by atoms with van der Waals surface area (Å²) in [5, 5.41) is 35.3. The Morgan fingerprint density at radius 2 is 1.56 bits per heavy atom. The standard InChI is InChI=1S/C36H39NO15/c1-13-9-15-10-20(39)36(51-8)32(43)23-17(31(42)35(36,45)24(15)29(48-5)21(13)34(44)50-7)11-16-22(28(23)47-4)19(38)12-18(25(16)40)37-33-30(49-6)26(41)27(46-3)14(2)52-33/h9,11,14,20,26-27,30,33,39,41,45H,10,12H2,1-8H3/t14-,20+,26+,27-,30+,33?,35-,36+/m0/s1. The van der Waals surface area contributed by atoms with Crippen LogP contribution in [-0.4, -0.2) is 135 Å². The lowest BCUT2D eigenvalue weighted by Gasteiger charge is -2.53. The maximum absolute atomic E-state index is 14.9. The van der Waals surface area contributed by atoms with E-state index in [9.17, 15) is 39.3 Å². The first kappa shape index (κ1) is 37.3. The van der Waals surface area contributed by atoms with E-state index in [4.69, 9.17) is 33.2 Å². The van der Waals surface area contributed by atoms with Crippen molar-refractivity contribution in [3.63, 3.8) is 0 Å². The largest absolute Gasteiger partial charge is 0.495 e. The van der Waals surface area contributed by atoms with Crippen molar-refractivity contribution >= 4 is 34.8 Å². The minimum absolute atomic E-state index is 0.148. The molecular weight excluding hydrogens is 686 g/mol. The zero-order chi connectivity index (χ0) is 38.2. The Bertz CT molecular complexity index is 1950. The number of aliphatic hydroxyl groups is 3. The highest BCUT2D eigenvalue weighted by Gasteiger charge is 2.73. The number of aliphatic imine (C=N–C) groups is 1. The molecule has 0 saturated carbocycles. The maximum Gasteiger partial charge on any atom is 0.341 e. The number of ketones is 4. The maximum atomic E-state index is 14.9. The van der Waals surface area contributed by atoms with Crippen LogP contribution in [0.5, 0.6) is 11.5 Å². The molecular formula is C36H39NO15. The number of rotatable bonds is 7. The number of carbonyl (C=O) groups is 5. The monoisotopic (exact) mass is 725 g/mol. The third-order valence-corrected chi connectivity index (χ3v) is 10.6. The molecule has 0 amide bonds. The molecule has 2 aromatic rings. The number of hydrogen-bond acceptors (Lipinski definition) is 16. The highest BCUT2D eigenvalue weighted by atomic mass is 16.6. The Morgan fingerprint density at radius 1 is 0.904 bits per heavy atom. The second-order valence-corrected chi connectivity index (χ2v) is 13.0. The third kappa shape index (κ3) is 4.79. The van der Waals surface area contributed by atoms with E-state index in [2.05, 4.69) is 4.99 Å². The molecule has 278 valence electrons. The fourth-order valence-electron chi connectivity index (χ4n) is 8.26. The predicted octanol–water partition coefficient (Wildman–Crippen LogP) is 0.714. The smallest absolute Gasteiger partial charge is 0.341 e. The number of esters is 1. The normalized spacial score (nSPS) is 31.8. The average Bonchev–Trinajstić information content (AvgIpc) is 3.11. The van der Waals surface area contributed by atoms with Crippen LogP contribution in [0.2, 0.25) is 0 Å². The first-order chi connectivity index (χ1) is 24.6. The molecule has 1 fully saturated rings. The summed E-state index contributed by atoms with van der Waals surface area (Å²) in [6, 6.07) is 2.46. The number of ether oxygens (including phenoxy) is 7. The van der Waals surface area contributed by atoms with Crippen LogP contribution in [0, 0.1) is 6.92 Å². The SMILES string of the molecule is COC(=O)c1c(C)cc2c(c1OC)[C@]1(O)C(=O)c3cc4c(c(OC)c3C(=O)[C@]1(OC)[C@H](O)C2)C(=O)CC(=NC1O[C@@H](C)[C@H](OC)[C@@H](O)[C@H]1OC)C4=O. The van der Waals surface area contributed by atoms with Crippen LogP contribution in [0.1, 0.15) is 81.8 Å². The van der Waals surface area contributed by atoms with Crippen LogP contribution in [0.4, 0.5) is 0 Å². The minimum Gasteiger partial charge on any atom is -0.495 e. The fourth-order valence-corrected chi connectivity index (χ4v) is 8.26. The van der Waals surface area contributed by atoms with Gasteiger partial charge in [-0.15, -0.1) is 0 Å². The number of benzene rings is 2. The second kappa shape index (κ2) is 13.2. The van der Waals surface area contributed by atoms with E-state index in [-0.39, 0.29) is 45.7 Å². The topological polar surface area (TPSA) is 223 Å². The molecule has 6 rings (SSSR count). The van der Waals surface area contributed by atoms with Gasteiger partial charge in [-0.2, -0.15) is 0 Å². The molecule has 3 N–H and O–H groups in total. The van der Waals surface area contributed by atoms with Crippen molar-refractivity contribution in [3.8, 4) is 11.5 Å². The van der Waals surface area contributed by atoms with Gasteiger partial charge in [0.1, 0.15) is 35.4 Å². The zero-order valence-electron chi connectivity index (χ0n) is 29.7. The van der Waals surface area contributed by atoms with Crippen molar-refractivity contribution in [2.45, 2.75) is 74.6 Å². The molecule has 2 aromatic carbocycles. The molecule has 3 aliphatic carbocycles. The van der Waals surface area contributed by atoms with Gasteiger partial charge < -0.3 is 48.5 Å². The van der Waals surface area contributed by atoms with Crippen LogP contribution in [-0.2, 0) is 35.7 Å². The summed E-state index contributed by atoms with van der Waals surface area (Å²) in [6.45, 7) is 3.20.